The van der Waals surface area contributed by atoms with Crippen molar-refractivity contribution in [2.45, 2.75) is 57.6 Å². The average molecular weight is 479 g/mol. The van der Waals surface area contributed by atoms with E-state index in [0.717, 1.165) is 31.5 Å². The largest absolute Gasteiger partial charge is 0.427 e. The normalized spacial score (nSPS) is 26.7. The van der Waals surface area contributed by atoms with E-state index in [-0.39, 0.29) is 29.3 Å². The number of esters is 1. The van der Waals surface area contributed by atoms with Crippen LogP contribution < -0.4 is 4.74 Å². The number of ether oxygens (including phenoxy) is 1. The van der Waals surface area contributed by atoms with Gasteiger partial charge in [0.25, 0.3) is 5.91 Å². The van der Waals surface area contributed by atoms with E-state index < -0.39 is 6.10 Å². The highest BCUT2D eigenvalue weighted by Gasteiger charge is 2.53. The topological polar surface area (TPSA) is 70.1 Å². The fourth-order valence-corrected chi connectivity index (χ4v) is 6.15. The molecule has 6 nitrogen and oxygen atoms in total. The Morgan fingerprint density at radius 3 is 2.60 bits per heavy atom. The minimum Gasteiger partial charge on any atom is -0.427 e. The van der Waals surface area contributed by atoms with Gasteiger partial charge in [0.15, 0.2) is 0 Å². The van der Waals surface area contributed by atoms with Crippen molar-refractivity contribution in [3.63, 3.8) is 0 Å². The second kappa shape index (κ2) is 10.5. The molecule has 2 aromatic rings. The summed E-state index contributed by atoms with van der Waals surface area (Å²) < 4.78 is 5.42. The summed E-state index contributed by atoms with van der Waals surface area (Å²) >= 11 is 0. The number of benzene rings is 2. The van der Waals surface area contributed by atoms with Gasteiger partial charge in [-0.25, -0.2) is 0 Å². The molecule has 0 bridgehead atoms. The summed E-state index contributed by atoms with van der Waals surface area (Å²) in [5, 5.41) is 11.5. The smallest absolute Gasteiger partial charge is 0.308 e. The molecule has 1 unspecified atom stereocenters. The number of nitrogens with zero attached hydrogens (tertiary/aromatic N) is 2. The van der Waals surface area contributed by atoms with Crippen molar-refractivity contribution in [2.75, 3.05) is 26.7 Å². The third-order valence-electron chi connectivity index (χ3n) is 7.69. The molecule has 1 N–H and O–H groups in total. The molecule has 1 amide bonds. The summed E-state index contributed by atoms with van der Waals surface area (Å²) in [6, 6.07) is 17.1. The number of amides is 1. The van der Waals surface area contributed by atoms with Gasteiger partial charge in [-0.05, 0) is 68.6 Å². The molecule has 4 rings (SSSR count). The van der Waals surface area contributed by atoms with Gasteiger partial charge in [-0.1, -0.05) is 44.2 Å². The number of aliphatic hydroxyl groups excluding tert-OH is 1. The molecular weight excluding hydrogens is 440 g/mol. The summed E-state index contributed by atoms with van der Waals surface area (Å²) in [6.45, 7) is 8.00. The first-order valence-corrected chi connectivity index (χ1v) is 12.7. The van der Waals surface area contributed by atoms with Crippen LogP contribution in [0.25, 0.3) is 0 Å². The number of hydrogen-bond donors (Lipinski definition) is 1. The van der Waals surface area contributed by atoms with E-state index in [1.807, 2.05) is 47.4 Å². The molecule has 4 atom stereocenters. The Kier molecular flexibility index (Phi) is 7.62. The van der Waals surface area contributed by atoms with Crippen LogP contribution in [0, 0.1) is 11.8 Å². The molecule has 1 saturated heterocycles. The van der Waals surface area contributed by atoms with Crippen LogP contribution in [0.15, 0.2) is 54.6 Å². The van der Waals surface area contributed by atoms with Crippen molar-refractivity contribution in [1.82, 2.24) is 9.80 Å². The van der Waals surface area contributed by atoms with E-state index in [0.29, 0.717) is 30.2 Å². The van der Waals surface area contributed by atoms with Gasteiger partial charge in [0, 0.05) is 43.0 Å². The van der Waals surface area contributed by atoms with Gasteiger partial charge >= 0.3 is 5.97 Å². The number of rotatable bonds is 6. The zero-order valence-electron chi connectivity index (χ0n) is 21.3. The van der Waals surface area contributed by atoms with Gasteiger partial charge in [-0.15, -0.1) is 0 Å². The fraction of sp³-hybridized carbons (Fsp3) is 0.517. The summed E-state index contributed by atoms with van der Waals surface area (Å²) in [7, 11) is 2.10. The van der Waals surface area contributed by atoms with Crippen molar-refractivity contribution in [1.29, 1.82) is 0 Å². The van der Waals surface area contributed by atoms with E-state index in [1.165, 1.54) is 6.92 Å². The number of likely N-dealkylation sites (tertiary alicyclic amines) is 1. The van der Waals surface area contributed by atoms with Gasteiger partial charge in [-0.2, -0.15) is 0 Å². The Hall–Kier alpha value is -2.70. The standard InChI is InChI=1S/C29H38N2O4/c1-20(2)18-31(28(34)22-9-6-5-7-10-22)24-16-27(33)26-19-30(4)14-13-29(26,17-24)23-11-8-12-25(15-23)35-21(3)32/h5-12,15,20,24,26-27,33H,13-14,16-19H2,1-4H3/t24-,26+,27?,29+/m1/s1. The third kappa shape index (κ3) is 5.44. The van der Waals surface area contributed by atoms with E-state index in [4.69, 9.17) is 4.74 Å². The lowest BCUT2D eigenvalue weighted by Gasteiger charge is -2.56. The maximum Gasteiger partial charge on any atom is 0.308 e. The molecule has 1 aliphatic heterocycles. The zero-order chi connectivity index (χ0) is 25.2. The first-order chi connectivity index (χ1) is 16.7. The molecule has 0 radical (unpaired) electrons. The lowest BCUT2D eigenvalue weighted by molar-refractivity contribution is -0.131. The van der Waals surface area contributed by atoms with Crippen molar-refractivity contribution in [3.8, 4) is 5.75 Å². The van der Waals surface area contributed by atoms with Gasteiger partial charge < -0.3 is 19.6 Å². The lowest BCUT2D eigenvalue weighted by atomic mass is 9.56. The van der Waals surface area contributed by atoms with Crippen LogP contribution in [0.2, 0.25) is 0 Å². The van der Waals surface area contributed by atoms with Gasteiger partial charge in [0.2, 0.25) is 0 Å². The van der Waals surface area contributed by atoms with Crippen LogP contribution in [0.3, 0.4) is 0 Å². The Balaban J connectivity index is 1.74. The average Bonchev–Trinajstić information content (AvgIpc) is 2.83. The Labute approximate surface area is 208 Å². The van der Waals surface area contributed by atoms with Crippen molar-refractivity contribution < 1.29 is 19.4 Å². The maximum atomic E-state index is 13.7. The number of carbonyl (C=O) groups is 2. The molecule has 35 heavy (non-hydrogen) atoms. The fourth-order valence-electron chi connectivity index (χ4n) is 6.15. The highest BCUT2D eigenvalue weighted by atomic mass is 16.5. The second-order valence-electron chi connectivity index (χ2n) is 10.8. The van der Waals surface area contributed by atoms with Crippen LogP contribution in [0.1, 0.15) is 56.0 Å². The van der Waals surface area contributed by atoms with Crippen molar-refractivity contribution in [2.24, 2.45) is 11.8 Å². The molecule has 0 aromatic heterocycles. The van der Waals surface area contributed by atoms with E-state index >= 15 is 0 Å². The van der Waals surface area contributed by atoms with Gasteiger partial charge in [0.1, 0.15) is 5.75 Å². The van der Waals surface area contributed by atoms with Crippen molar-refractivity contribution >= 4 is 11.9 Å². The molecular formula is C29H38N2O4. The van der Waals surface area contributed by atoms with Crippen LogP contribution in [-0.4, -0.2) is 65.6 Å². The zero-order valence-corrected chi connectivity index (χ0v) is 21.3. The summed E-state index contributed by atoms with van der Waals surface area (Å²) in [6.07, 6.45) is 1.68. The number of carbonyl (C=O) groups excluding carboxylic acids is 2. The third-order valence-corrected chi connectivity index (χ3v) is 7.69. The lowest BCUT2D eigenvalue weighted by Crippen LogP contribution is -2.61. The Morgan fingerprint density at radius 2 is 1.91 bits per heavy atom. The summed E-state index contributed by atoms with van der Waals surface area (Å²) in [5.74, 6) is 0.540. The van der Waals surface area contributed by atoms with Crippen molar-refractivity contribution in [3.05, 3.63) is 65.7 Å². The number of hydrogen-bond acceptors (Lipinski definition) is 5. The number of piperidine rings is 1. The van der Waals surface area contributed by atoms with Gasteiger partial charge in [0.05, 0.1) is 6.10 Å². The van der Waals surface area contributed by atoms with E-state index in [2.05, 4.69) is 31.9 Å². The molecule has 188 valence electrons. The number of fused-ring (bicyclic) bond motifs is 1. The van der Waals surface area contributed by atoms with E-state index in [9.17, 15) is 14.7 Å². The molecule has 2 fully saturated rings. The Morgan fingerprint density at radius 1 is 1.17 bits per heavy atom. The van der Waals surface area contributed by atoms with Crippen LogP contribution in [0.4, 0.5) is 0 Å². The monoisotopic (exact) mass is 478 g/mol. The number of aliphatic hydroxyl groups is 1. The van der Waals surface area contributed by atoms with Gasteiger partial charge in [-0.3, -0.25) is 9.59 Å². The second-order valence-corrected chi connectivity index (χ2v) is 10.8. The first-order valence-electron chi connectivity index (χ1n) is 12.7. The maximum absolute atomic E-state index is 13.7. The SMILES string of the molecule is CC(=O)Oc1cccc([C@@]23CCN(C)C[C@H]2C(O)C[C@@H](N(CC(C)C)C(=O)c2ccccc2)C3)c1. The predicted octanol–water partition coefficient (Wildman–Crippen LogP) is 4.12. The molecule has 0 spiro atoms. The molecule has 1 heterocycles. The summed E-state index contributed by atoms with van der Waals surface area (Å²) in [4.78, 5) is 29.6. The quantitative estimate of drug-likeness (QED) is 0.500. The van der Waals surface area contributed by atoms with Crippen LogP contribution in [0.5, 0.6) is 5.75 Å². The molecule has 2 aliphatic rings. The van der Waals surface area contributed by atoms with Crippen LogP contribution in [-0.2, 0) is 10.2 Å². The first kappa shape index (κ1) is 25.4. The highest BCUT2D eigenvalue weighted by Crippen LogP contribution is 2.50. The van der Waals surface area contributed by atoms with Crippen LogP contribution >= 0.6 is 0 Å². The minimum absolute atomic E-state index is 0.0201. The highest BCUT2D eigenvalue weighted by molar-refractivity contribution is 5.94. The Bertz CT molecular complexity index is 1040. The summed E-state index contributed by atoms with van der Waals surface area (Å²) in [5.41, 5.74) is 1.45. The predicted molar refractivity (Wildman–Crippen MR) is 136 cm³/mol. The minimum atomic E-state index is -0.535. The van der Waals surface area contributed by atoms with E-state index in [1.54, 1.807) is 6.07 Å². The molecule has 1 aliphatic carbocycles. The molecule has 6 heteroatoms. The molecule has 1 saturated carbocycles. The molecule has 2 aromatic carbocycles.